The molecule has 1 fully saturated rings. The molecule has 1 saturated carbocycles. The summed E-state index contributed by atoms with van der Waals surface area (Å²) >= 11 is 3.08. The smallest absolute Gasteiger partial charge is 0.145 e. The lowest BCUT2D eigenvalue weighted by Gasteiger charge is -2.31. The summed E-state index contributed by atoms with van der Waals surface area (Å²) in [5, 5.41) is 0. The van der Waals surface area contributed by atoms with Crippen LogP contribution in [0, 0.1) is 23.5 Å². The minimum atomic E-state index is -0.555. The fraction of sp³-hybridized carbons (Fsp3) is 0.571. The fourth-order valence-electron chi connectivity index (χ4n) is 2.73. The highest BCUT2D eigenvalue weighted by molar-refractivity contribution is 9.10. The van der Waals surface area contributed by atoms with Gasteiger partial charge in [0.15, 0.2) is 0 Å². The average Bonchev–Trinajstić information content (AvgIpc) is 2.35. The molecule has 0 amide bonds. The van der Waals surface area contributed by atoms with Gasteiger partial charge < -0.3 is 5.73 Å². The van der Waals surface area contributed by atoms with Crippen molar-refractivity contribution in [3.05, 3.63) is 33.8 Å². The van der Waals surface area contributed by atoms with E-state index in [0.29, 0.717) is 5.92 Å². The van der Waals surface area contributed by atoms with E-state index in [1.807, 2.05) is 0 Å². The first-order valence-corrected chi connectivity index (χ1v) is 7.19. The van der Waals surface area contributed by atoms with E-state index < -0.39 is 17.7 Å². The predicted octanol–water partition coefficient (Wildman–Crippen LogP) is 4.55. The van der Waals surface area contributed by atoms with Crippen molar-refractivity contribution in [2.75, 3.05) is 0 Å². The molecular formula is C14H18BrF2N. The van der Waals surface area contributed by atoms with Crippen LogP contribution in [-0.2, 0) is 0 Å². The zero-order valence-corrected chi connectivity index (χ0v) is 12.0. The molecule has 2 rings (SSSR count). The SMILES string of the molecule is CC1CCC(C(N)c2c(F)ccc(Br)c2F)CC1. The molecule has 4 heteroatoms. The van der Waals surface area contributed by atoms with Crippen molar-refractivity contribution >= 4 is 15.9 Å². The summed E-state index contributed by atoms with van der Waals surface area (Å²) in [6.07, 6.45) is 4.09. The first kappa shape index (κ1) is 13.9. The van der Waals surface area contributed by atoms with Gasteiger partial charge in [0.2, 0.25) is 0 Å². The zero-order valence-electron chi connectivity index (χ0n) is 10.4. The summed E-state index contributed by atoms with van der Waals surface area (Å²) in [6, 6.07) is 2.10. The van der Waals surface area contributed by atoms with Crippen molar-refractivity contribution in [1.82, 2.24) is 0 Å². The van der Waals surface area contributed by atoms with Crippen LogP contribution in [0.4, 0.5) is 8.78 Å². The molecule has 0 radical (unpaired) electrons. The van der Waals surface area contributed by atoms with Crippen LogP contribution < -0.4 is 5.73 Å². The van der Waals surface area contributed by atoms with E-state index in [1.165, 1.54) is 12.1 Å². The second kappa shape index (κ2) is 5.66. The van der Waals surface area contributed by atoms with Crippen LogP contribution >= 0.6 is 15.9 Å². The summed E-state index contributed by atoms with van der Waals surface area (Å²) in [4.78, 5) is 0. The first-order valence-electron chi connectivity index (χ1n) is 6.39. The third kappa shape index (κ3) is 2.75. The quantitative estimate of drug-likeness (QED) is 0.795. The lowest BCUT2D eigenvalue weighted by molar-refractivity contribution is 0.250. The molecule has 0 bridgehead atoms. The van der Waals surface area contributed by atoms with Gasteiger partial charge in [-0.15, -0.1) is 0 Å². The third-order valence-electron chi connectivity index (χ3n) is 3.98. The highest BCUT2D eigenvalue weighted by Crippen LogP contribution is 2.38. The van der Waals surface area contributed by atoms with E-state index in [1.54, 1.807) is 0 Å². The van der Waals surface area contributed by atoms with Crippen molar-refractivity contribution < 1.29 is 8.78 Å². The van der Waals surface area contributed by atoms with E-state index in [4.69, 9.17) is 5.73 Å². The maximum absolute atomic E-state index is 14.0. The van der Waals surface area contributed by atoms with E-state index >= 15 is 0 Å². The lowest BCUT2D eigenvalue weighted by atomic mass is 9.77. The Labute approximate surface area is 115 Å². The van der Waals surface area contributed by atoms with Gasteiger partial charge >= 0.3 is 0 Å². The Kier molecular flexibility index (Phi) is 4.38. The number of halogens is 3. The van der Waals surface area contributed by atoms with Crippen molar-refractivity contribution in [3.63, 3.8) is 0 Å². The molecule has 0 aliphatic heterocycles. The molecule has 1 aromatic rings. The molecule has 0 aromatic heterocycles. The van der Waals surface area contributed by atoms with Gasteiger partial charge in [-0.2, -0.15) is 0 Å². The van der Waals surface area contributed by atoms with E-state index in [2.05, 4.69) is 22.9 Å². The van der Waals surface area contributed by atoms with Gasteiger partial charge in [0.1, 0.15) is 11.6 Å². The molecule has 1 aliphatic rings. The molecule has 0 saturated heterocycles. The highest BCUT2D eigenvalue weighted by atomic mass is 79.9. The standard InChI is InChI=1S/C14H18BrF2N/c1-8-2-4-9(5-3-8)14(18)12-11(16)7-6-10(15)13(12)17/h6-9,14H,2-5,18H2,1H3. The average molecular weight is 318 g/mol. The monoisotopic (exact) mass is 317 g/mol. The summed E-state index contributed by atoms with van der Waals surface area (Å²) in [7, 11) is 0. The van der Waals surface area contributed by atoms with E-state index in [0.717, 1.165) is 25.7 Å². The Hall–Kier alpha value is -0.480. The fourth-order valence-corrected chi connectivity index (χ4v) is 3.07. The van der Waals surface area contributed by atoms with Crippen LogP contribution in [0.15, 0.2) is 16.6 Å². The molecule has 1 aromatic carbocycles. The van der Waals surface area contributed by atoms with Gasteiger partial charge in [0.05, 0.1) is 4.47 Å². The zero-order chi connectivity index (χ0) is 13.3. The third-order valence-corrected chi connectivity index (χ3v) is 4.59. The highest BCUT2D eigenvalue weighted by Gasteiger charge is 2.29. The van der Waals surface area contributed by atoms with Gasteiger partial charge in [0.25, 0.3) is 0 Å². The number of nitrogens with two attached hydrogens (primary N) is 1. The molecule has 2 N–H and O–H groups in total. The van der Waals surface area contributed by atoms with E-state index in [-0.39, 0.29) is 16.0 Å². The lowest BCUT2D eigenvalue weighted by Crippen LogP contribution is -2.27. The minimum Gasteiger partial charge on any atom is -0.324 e. The number of benzene rings is 1. The molecule has 18 heavy (non-hydrogen) atoms. The van der Waals surface area contributed by atoms with Gasteiger partial charge in [-0.3, -0.25) is 0 Å². The van der Waals surface area contributed by atoms with Crippen LogP contribution in [0.1, 0.15) is 44.2 Å². The first-order chi connectivity index (χ1) is 8.50. The van der Waals surface area contributed by atoms with Crippen LogP contribution in [0.3, 0.4) is 0 Å². The van der Waals surface area contributed by atoms with Crippen LogP contribution in [0.5, 0.6) is 0 Å². The maximum atomic E-state index is 14.0. The summed E-state index contributed by atoms with van der Waals surface area (Å²) in [5.41, 5.74) is 6.12. The molecule has 1 atom stereocenters. The van der Waals surface area contributed by atoms with Crippen molar-refractivity contribution in [1.29, 1.82) is 0 Å². The van der Waals surface area contributed by atoms with Gasteiger partial charge in [-0.05, 0) is 52.7 Å². The Balaban J connectivity index is 2.23. The number of rotatable bonds is 2. The Bertz CT molecular complexity index is 428. The molecule has 1 aliphatic carbocycles. The Morgan fingerprint density at radius 2 is 1.83 bits per heavy atom. The van der Waals surface area contributed by atoms with Gasteiger partial charge in [-0.25, -0.2) is 8.78 Å². The van der Waals surface area contributed by atoms with Crippen LogP contribution in [-0.4, -0.2) is 0 Å². The molecule has 1 nitrogen and oxygen atoms in total. The number of hydrogen-bond donors (Lipinski definition) is 1. The summed E-state index contributed by atoms with van der Waals surface area (Å²) in [5.74, 6) is -0.215. The molecule has 0 heterocycles. The molecule has 100 valence electrons. The predicted molar refractivity (Wildman–Crippen MR) is 72.1 cm³/mol. The minimum absolute atomic E-state index is 0.0314. The Morgan fingerprint density at radius 1 is 1.22 bits per heavy atom. The van der Waals surface area contributed by atoms with Crippen molar-refractivity contribution in [2.24, 2.45) is 17.6 Å². The van der Waals surface area contributed by atoms with Crippen molar-refractivity contribution in [3.8, 4) is 0 Å². The van der Waals surface area contributed by atoms with Crippen LogP contribution in [0.25, 0.3) is 0 Å². The summed E-state index contributed by atoms with van der Waals surface area (Å²) in [6.45, 7) is 2.21. The second-order valence-corrected chi connectivity index (χ2v) is 6.16. The summed E-state index contributed by atoms with van der Waals surface area (Å²) < 4.78 is 28.0. The maximum Gasteiger partial charge on any atom is 0.145 e. The van der Waals surface area contributed by atoms with Crippen molar-refractivity contribution in [2.45, 2.75) is 38.6 Å². The number of hydrogen-bond acceptors (Lipinski definition) is 1. The van der Waals surface area contributed by atoms with Gasteiger partial charge in [0, 0.05) is 11.6 Å². The normalized spacial score (nSPS) is 26.1. The topological polar surface area (TPSA) is 26.0 Å². The van der Waals surface area contributed by atoms with E-state index in [9.17, 15) is 8.78 Å². The molecular weight excluding hydrogens is 300 g/mol. The molecule has 1 unspecified atom stereocenters. The largest absolute Gasteiger partial charge is 0.324 e. The Morgan fingerprint density at radius 3 is 2.44 bits per heavy atom. The van der Waals surface area contributed by atoms with Crippen LogP contribution in [0.2, 0.25) is 0 Å². The van der Waals surface area contributed by atoms with Gasteiger partial charge in [-0.1, -0.05) is 19.8 Å². The second-order valence-electron chi connectivity index (χ2n) is 5.30. The molecule has 0 spiro atoms.